The summed E-state index contributed by atoms with van der Waals surface area (Å²) < 4.78 is 0. The van der Waals surface area contributed by atoms with E-state index in [0.717, 1.165) is 0 Å². The smallest absolute Gasteiger partial charge is 0.317 e. The Bertz CT molecular complexity index is 284. The first-order chi connectivity index (χ1) is 8.42. The molecule has 0 saturated carbocycles. The summed E-state index contributed by atoms with van der Waals surface area (Å²) in [5.74, 6) is -0.995. The molecule has 0 aromatic carbocycles. The molecule has 1 fully saturated rings. The number of carbonyl (C=O) groups excluding carboxylic acids is 1. The molecule has 0 aromatic heterocycles. The van der Waals surface area contributed by atoms with Gasteiger partial charge in [0, 0.05) is 26.1 Å². The van der Waals surface area contributed by atoms with E-state index < -0.39 is 12.1 Å². The van der Waals surface area contributed by atoms with Gasteiger partial charge in [0.05, 0.1) is 12.6 Å². The number of aliphatic hydroxyl groups is 1. The standard InChI is InChI=1S/C12H22N2O4/c1-3-11(16)9-4-10(13-8(2)15)6-14(5-9)7-12(17)18/h9-11,16H,3-7H2,1-2H3,(H,13,15)(H,17,18). The van der Waals surface area contributed by atoms with Gasteiger partial charge in [-0.1, -0.05) is 6.92 Å². The Balaban J connectivity index is 2.65. The first-order valence-corrected chi connectivity index (χ1v) is 6.31. The van der Waals surface area contributed by atoms with Crippen LogP contribution >= 0.6 is 0 Å². The van der Waals surface area contributed by atoms with E-state index in [1.807, 2.05) is 6.92 Å². The van der Waals surface area contributed by atoms with Crippen LogP contribution in [0.5, 0.6) is 0 Å². The normalized spacial score (nSPS) is 26.6. The maximum atomic E-state index is 11.1. The highest BCUT2D eigenvalue weighted by Crippen LogP contribution is 2.21. The number of aliphatic carboxylic acids is 1. The lowest BCUT2D eigenvalue weighted by molar-refractivity contribution is -0.139. The van der Waals surface area contributed by atoms with Crippen molar-refractivity contribution >= 4 is 11.9 Å². The molecule has 3 N–H and O–H groups in total. The molecular formula is C12H22N2O4. The lowest BCUT2D eigenvalue weighted by atomic mass is 9.88. The van der Waals surface area contributed by atoms with Crippen molar-refractivity contribution in [2.24, 2.45) is 5.92 Å². The van der Waals surface area contributed by atoms with Crippen LogP contribution in [0.4, 0.5) is 0 Å². The average molecular weight is 258 g/mol. The zero-order chi connectivity index (χ0) is 13.7. The largest absolute Gasteiger partial charge is 0.480 e. The van der Waals surface area contributed by atoms with Gasteiger partial charge in [-0.3, -0.25) is 14.5 Å². The van der Waals surface area contributed by atoms with Gasteiger partial charge in [0.2, 0.25) is 5.91 Å². The number of aliphatic hydroxyl groups excluding tert-OH is 1. The number of nitrogens with zero attached hydrogens (tertiary/aromatic N) is 1. The molecule has 1 aliphatic heterocycles. The van der Waals surface area contributed by atoms with Crippen LogP contribution in [0.25, 0.3) is 0 Å². The highest BCUT2D eigenvalue weighted by atomic mass is 16.4. The number of piperidine rings is 1. The van der Waals surface area contributed by atoms with Gasteiger partial charge >= 0.3 is 5.97 Å². The molecule has 18 heavy (non-hydrogen) atoms. The molecular weight excluding hydrogens is 236 g/mol. The van der Waals surface area contributed by atoms with Gasteiger partial charge in [0.15, 0.2) is 0 Å². The first-order valence-electron chi connectivity index (χ1n) is 6.31. The number of hydrogen-bond acceptors (Lipinski definition) is 4. The fourth-order valence-electron chi connectivity index (χ4n) is 2.56. The van der Waals surface area contributed by atoms with E-state index >= 15 is 0 Å². The topological polar surface area (TPSA) is 89.9 Å². The lowest BCUT2D eigenvalue weighted by Gasteiger charge is -2.38. The third kappa shape index (κ3) is 4.62. The molecule has 0 radical (unpaired) electrons. The second kappa shape index (κ2) is 6.70. The number of carboxylic acids is 1. The fourth-order valence-corrected chi connectivity index (χ4v) is 2.56. The SMILES string of the molecule is CCC(O)C1CC(NC(C)=O)CN(CC(=O)O)C1. The van der Waals surface area contributed by atoms with Crippen LogP contribution in [0.2, 0.25) is 0 Å². The van der Waals surface area contributed by atoms with Crippen molar-refractivity contribution < 1.29 is 19.8 Å². The van der Waals surface area contributed by atoms with E-state index in [-0.39, 0.29) is 24.4 Å². The van der Waals surface area contributed by atoms with E-state index in [4.69, 9.17) is 5.11 Å². The lowest BCUT2D eigenvalue weighted by Crippen LogP contribution is -2.53. The minimum Gasteiger partial charge on any atom is -0.480 e. The second-order valence-corrected chi connectivity index (χ2v) is 4.96. The van der Waals surface area contributed by atoms with Gasteiger partial charge in [-0.2, -0.15) is 0 Å². The molecule has 1 rings (SSSR count). The summed E-state index contributed by atoms with van der Waals surface area (Å²) in [5, 5.41) is 21.5. The number of rotatable bonds is 5. The fraction of sp³-hybridized carbons (Fsp3) is 0.833. The summed E-state index contributed by atoms with van der Waals surface area (Å²) in [6.45, 7) is 4.38. The Labute approximate surface area is 107 Å². The molecule has 0 spiro atoms. The molecule has 0 bridgehead atoms. The van der Waals surface area contributed by atoms with E-state index in [2.05, 4.69) is 5.32 Å². The second-order valence-electron chi connectivity index (χ2n) is 4.96. The van der Waals surface area contributed by atoms with Crippen LogP contribution in [0.15, 0.2) is 0 Å². The third-order valence-electron chi connectivity index (χ3n) is 3.29. The zero-order valence-electron chi connectivity index (χ0n) is 10.9. The quantitative estimate of drug-likeness (QED) is 0.628. The van der Waals surface area contributed by atoms with Crippen LogP contribution in [-0.2, 0) is 9.59 Å². The first kappa shape index (κ1) is 14.9. The molecule has 1 amide bonds. The van der Waals surface area contributed by atoms with Gasteiger partial charge in [-0.05, 0) is 18.8 Å². The van der Waals surface area contributed by atoms with Crippen molar-refractivity contribution in [3.8, 4) is 0 Å². The van der Waals surface area contributed by atoms with E-state index in [1.54, 1.807) is 4.90 Å². The summed E-state index contributed by atoms with van der Waals surface area (Å²) in [5.41, 5.74) is 0. The Morgan fingerprint density at radius 3 is 2.61 bits per heavy atom. The van der Waals surface area contributed by atoms with Gasteiger partial charge in [0.1, 0.15) is 0 Å². The Kier molecular flexibility index (Phi) is 5.55. The highest BCUT2D eigenvalue weighted by Gasteiger charge is 2.31. The molecule has 6 nitrogen and oxygen atoms in total. The van der Waals surface area contributed by atoms with E-state index in [0.29, 0.717) is 25.9 Å². The maximum absolute atomic E-state index is 11.1. The summed E-state index contributed by atoms with van der Waals surface area (Å²) in [6, 6.07) is -0.0817. The number of likely N-dealkylation sites (tertiary alicyclic amines) is 1. The van der Waals surface area contributed by atoms with Crippen LogP contribution in [-0.4, -0.2) is 58.8 Å². The zero-order valence-corrected chi connectivity index (χ0v) is 10.9. The summed E-state index contributed by atoms with van der Waals surface area (Å²) >= 11 is 0. The average Bonchev–Trinajstić information content (AvgIpc) is 2.25. The molecule has 0 aliphatic carbocycles. The van der Waals surface area contributed by atoms with E-state index in [9.17, 15) is 14.7 Å². The Hall–Kier alpha value is -1.14. The maximum Gasteiger partial charge on any atom is 0.317 e. The molecule has 1 saturated heterocycles. The van der Waals surface area contributed by atoms with Crippen molar-refractivity contribution in [3.63, 3.8) is 0 Å². The molecule has 0 aromatic rings. The number of carbonyl (C=O) groups is 2. The van der Waals surface area contributed by atoms with Crippen molar-refractivity contribution in [1.29, 1.82) is 0 Å². The van der Waals surface area contributed by atoms with Gasteiger partial charge in [-0.15, -0.1) is 0 Å². The van der Waals surface area contributed by atoms with Crippen molar-refractivity contribution in [2.45, 2.75) is 38.8 Å². The monoisotopic (exact) mass is 258 g/mol. The van der Waals surface area contributed by atoms with Crippen LogP contribution in [0.1, 0.15) is 26.7 Å². The minimum absolute atomic E-state index is 0.0138. The van der Waals surface area contributed by atoms with Gasteiger partial charge < -0.3 is 15.5 Å². The third-order valence-corrected chi connectivity index (χ3v) is 3.29. The summed E-state index contributed by atoms with van der Waals surface area (Å²) in [4.78, 5) is 23.6. The van der Waals surface area contributed by atoms with Crippen molar-refractivity contribution in [1.82, 2.24) is 10.2 Å². The number of carboxylic acid groups (broad SMARTS) is 1. The number of amides is 1. The van der Waals surface area contributed by atoms with E-state index in [1.165, 1.54) is 6.92 Å². The predicted octanol–water partition coefficient (Wildman–Crippen LogP) is -0.331. The molecule has 3 unspecified atom stereocenters. The molecule has 104 valence electrons. The van der Waals surface area contributed by atoms with Crippen LogP contribution < -0.4 is 5.32 Å². The Morgan fingerprint density at radius 1 is 1.44 bits per heavy atom. The van der Waals surface area contributed by atoms with Crippen LogP contribution in [0.3, 0.4) is 0 Å². The predicted molar refractivity (Wildman–Crippen MR) is 66.1 cm³/mol. The summed E-state index contributed by atoms with van der Waals surface area (Å²) in [6.07, 6.45) is 0.890. The van der Waals surface area contributed by atoms with Crippen molar-refractivity contribution in [2.75, 3.05) is 19.6 Å². The van der Waals surface area contributed by atoms with Gasteiger partial charge in [0.25, 0.3) is 0 Å². The van der Waals surface area contributed by atoms with Gasteiger partial charge in [-0.25, -0.2) is 0 Å². The molecule has 1 aliphatic rings. The molecule has 3 atom stereocenters. The van der Waals surface area contributed by atoms with Crippen molar-refractivity contribution in [3.05, 3.63) is 0 Å². The Morgan fingerprint density at radius 2 is 2.11 bits per heavy atom. The molecule has 1 heterocycles. The number of hydrogen-bond donors (Lipinski definition) is 3. The summed E-state index contributed by atoms with van der Waals surface area (Å²) in [7, 11) is 0. The van der Waals surface area contributed by atoms with Crippen LogP contribution in [0, 0.1) is 5.92 Å². The molecule has 6 heteroatoms. The highest BCUT2D eigenvalue weighted by molar-refractivity contribution is 5.73. The minimum atomic E-state index is -0.886. The number of nitrogens with one attached hydrogen (secondary N) is 1.